The van der Waals surface area contributed by atoms with Gasteiger partial charge in [0.2, 0.25) is 0 Å². The molecule has 2 aliphatic rings. The third-order valence-corrected chi connectivity index (χ3v) is 11.9. The standard InChI is InChI=1S/C35H59NO3S/c1-12-14-31(4,5)16-18-33(8,23-39-24-40-11)19-17-32(6,7)35(10)15-13-28-26(3)30(38)27(22-36)21-34(28,9)29(35)20-25(2)37/h21,26,28-29H,12-20,23-24H2,1-11H3/t26-,28-,29+,33-,34-,35+/m0/s1. The van der Waals surface area contributed by atoms with Crippen molar-refractivity contribution in [3.8, 4) is 6.07 Å². The third kappa shape index (κ3) is 7.63. The minimum absolute atomic E-state index is 0.0265. The molecule has 0 saturated heterocycles. The number of ether oxygens (including phenoxy) is 1. The van der Waals surface area contributed by atoms with Gasteiger partial charge in [-0.15, -0.1) is 11.8 Å². The van der Waals surface area contributed by atoms with Crippen molar-refractivity contribution in [1.82, 2.24) is 0 Å². The first kappa shape index (κ1) is 35.1. The Morgan fingerprint density at radius 1 is 1.12 bits per heavy atom. The smallest absolute Gasteiger partial charge is 0.176 e. The molecule has 1 fully saturated rings. The molecule has 0 amide bonds. The molecule has 6 atom stereocenters. The average Bonchev–Trinajstić information content (AvgIpc) is 2.86. The molecule has 2 aliphatic carbocycles. The molecule has 0 N–H and O–H groups in total. The van der Waals surface area contributed by atoms with Crippen LogP contribution in [0.3, 0.4) is 0 Å². The van der Waals surface area contributed by atoms with Crippen molar-refractivity contribution in [2.24, 2.45) is 44.8 Å². The number of hydrogen-bond acceptors (Lipinski definition) is 5. The van der Waals surface area contributed by atoms with Gasteiger partial charge in [0.25, 0.3) is 0 Å². The number of fused-ring (bicyclic) bond motifs is 1. The quantitative estimate of drug-likeness (QED) is 0.144. The first-order valence-corrected chi connectivity index (χ1v) is 17.0. The average molecular weight is 574 g/mol. The van der Waals surface area contributed by atoms with Gasteiger partial charge in [-0.3, -0.25) is 4.79 Å². The summed E-state index contributed by atoms with van der Waals surface area (Å²) in [7, 11) is 0. The summed E-state index contributed by atoms with van der Waals surface area (Å²) in [5, 5.41) is 9.83. The minimum atomic E-state index is -0.358. The van der Waals surface area contributed by atoms with Crippen molar-refractivity contribution in [1.29, 1.82) is 5.26 Å². The van der Waals surface area contributed by atoms with Gasteiger partial charge < -0.3 is 9.53 Å². The van der Waals surface area contributed by atoms with Gasteiger partial charge in [-0.2, -0.15) is 5.26 Å². The number of hydrogen-bond donors (Lipinski definition) is 0. The number of Topliss-reactive ketones (excluding diaryl/α,β-unsaturated/α-hetero) is 2. The number of nitriles is 1. The molecular weight excluding hydrogens is 514 g/mol. The van der Waals surface area contributed by atoms with Crippen molar-refractivity contribution in [3.63, 3.8) is 0 Å². The molecule has 1 saturated carbocycles. The van der Waals surface area contributed by atoms with Gasteiger partial charge in [-0.1, -0.05) is 74.8 Å². The van der Waals surface area contributed by atoms with E-state index in [0.717, 1.165) is 44.6 Å². The molecule has 0 aromatic heterocycles. The number of nitrogens with zero attached hydrogens (tertiary/aromatic N) is 1. The zero-order valence-electron chi connectivity index (χ0n) is 27.7. The van der Waals surface area contributed by atoms with Gasteiger partial charge in [-0.25, -0.2) is 0 Å². The van der Waals surface area contributed by atoms with Crippen molar-refractivity contribution in [2.45, 2.75) is 127 Å². The fourth-order valence-electron chi connectivity index (χ4n) is 8.30. The van der Waals surface area contributed by atoms with E-state index in [0.29, 0.717) is 11.8 Å². The lowest BCUT2D eigenvalue weighted by Gasteiger charge is -2.62. The SMILES string of the molecule is CCCC(C)(C)CC[C@@](C)(CCC(C)(C)[C@]1(C)CC[C@H]2[C@H](C)C(=O)C(C#N)=C[C@]2(C)[C@H]1CC(C)=O)COCSC. The van der Waals surface area contributed by atoms with Crippen LogP contribution in [0.2, 0.25) is 0 Å². The summed E-state index contributed by atoms with van der Waals surface area (Å²) in [6.07, 6.45) is 13.4. The normalized spacial score (nSPS) is 30.7. The first-order chi connectivity index (χ1) is 18.4. The minimum Gasteiger partial charge on any atom is -0.370 e. The maximum atomic E-state index is 13.0. The van der Waals surface area contributed by atoms with Crippen LogP contribution < -0.4 is 0 Å². The fraction of sp³-hybridized carbons (Fsp3) is 0.857. The number of allylic oxidation sites excluding steroid dienone is 2. The predicted molar refractivity (Wildman–Crippen MR) is 169 cm³/mol. The van der Waals surface area contributed by atoms with Crippen LogP contribution in [-0.2, 0) is 14.3 Å². The molecule has 0 radical (unpaired) electrons. The van der Waals surface area contributed by atoms with Crippen molar-refractivity contribution >= 4 is 23.3 Å². The number of rotatable bonds is 15. The van der Waals surface area contributed by atoms with E-state index in [-0.39, 0.29) is 56.6 Å². The van der Waals surface area contributed by atoms with Crippen molar-refractivity contribution in [3.05, 3.63) is 11.6 Å². The number of thioether (sulfide) groups is 1. The zero-order valence-corrected chi connectivity index (χ0v) is 28.5. The van der Waals surface area contributed by atoms with Crippen LogP contribution >= 0.6 is 11.8 Å². The summed E-state index contributed by atoms with van der Waals surface area (Å²) in [5.41, 5.74) is 0.204. The van der Waals surface area contributed by atoms with Gasteiger partial charge in [0.1, 0.15) is 11.9 Å². The van der Waals surface area contributed by atoms with Gasteiger partial charge >= 0.3 is 0 Å². The lowest BCUT2D eigenvalue weighted by molar-refractivity contribution is -0.145. The van der Waals surface area contributed by atoms with E-state index >= 15 is 0 Å². The molecule has 0 bridgehead atoms. The van der Waals surface area contributed by atoms with E-state index in [1.54, 1.807) is 18.7 Å². The van der Waals surface area contributed by atoms with Crippen LogP contribution in [0.5, 0.6) is 0 Å². The Labute approximate surface area is 250 Å². The van der Waals surface area contributed by atoms with Crippen LogP contribution in [0.15, 0.2) is 11.6 Å². The summed E-state index contributed by atoms with van der Waals surface area (Å²) >= 11 is 1.73. The monoisotopic (exact) mass is 573 g/mol. The van der Waals surface area contributed by atoms with E-state index in [1.165, 1.54) is 19.3 Å². The van der Waals surface area contributed by atoms with Gasteiger partial charge in [-0.05, 0) is 97.0 Å². The number of ketones is 2. The van der Waals surface area contributed by atoms with Gasteiger partial charge in [0.05, 0.1) is 18.1 Å². The summed E-state index contributed by atoms with van der Waals surface area (Å²) in [6.45, 7) is 23.4. The Morgan fingerprint density at radius 2 is 1.75 bits per heavy atom. The molecule has 228 valence electrons. The Kier molecular flexibility index (Phi) is 11.8. The van der Waals surface area contributed by atoms with Gasteiger partial charge in [0, 0.05) is 12.3 Å². The summed E-state index contributed by atoms with van der Waals surface area (Å²) in [6, 6.07) is 2.20. The van der Waals surface area contributed by atoms with Crippen LogP contribution in [-0.4, -0.2) is 30.4 Å². The second-order valence-electron chi connectivity index (χ2n) is 15.6. The highest BCUT2D eigenvalue weighted by Gasteiger charge is 2.60. The highest BCUT2D eigenvalue weighted by molar-refractivity contribution is 7.98. The van der Waals surface area contributed by atoms with Crippen molar-refractivity contribution in [2.75, 3.05) is 18.8 Å². The summed E-state index contributed by atoms with van der Waals surface area (Å²) < 4.78 is 6.16. The van der Waals surface area contributed by atoms with Gasteiger partial charge in [0.15, 0.2) is 5.78 Å². The lowest BCUT2D eigenvalue weighted by atomic mass is 9.41. The maximum Gasteiger partial charge on any atom is 0.176 e. The number of carbonyl (C=O) groups is 2. The highest BCUT2D eigenvalue weighted by atomic mass is 32.2. The van der Waals surface area contributed by atoms with E-state index in [1.807, 2.05) is 13.0 Å². The lowest BCUT2D eigenvalue weighted by Crippen LogP contribution is -2.57. The third-order valence-electron chi connectivity index (χ3n) is 11.5. The molecule has 40 heavy (non-hydrogen) atoms. The summed E-state index contributed by atoms with van der Waals surface area (Å²) in [4.78, 5) is 25.7. The molecule has 0 heterocycles. The van der Waals surface area contributed by atoms with E-state index in [4.69, 9.17) is 4.74 Å². The Hall–Kier alpha value is -1.12. The largest absolute Gasteiger partial charge is 0.370 e. The predicted octanol–water partition coefficient (Wildman–Crippen LogP) is 9.43. The molecule has 0 aromatic rings. The second-order valence-corrected chi connectivity index (χ2v) is 16.4. The molecule has 0 aromatic carbocycles. The van der Waals surface area contributed by atoms with E-state index < -0.39 is 0 Å². The maximum absolute atomic E-state index is 13.0. The molecule has 0 spiro atoms. The molecule has 0 unspecified atom stereocenters. The Bertz CT molecular complexity index is 978. The first-order valence-electron chi connectivity index (χ1n) is 15.7. The van der Waals surface area contributed by atoms with Crippen LogP contribution in [0.1, 0.15) is 127 Å². The van der Waals surface area contributed by atoms with Crippen LogP contribution in [0, 0.1) is 56.2 Å². The fourth-order valence-corrected chi connectivity index (χ4v) is 8.55. The van der Waals surface area contributed by atoms with Crippen LogP contribution in [0.25, 0.3) is 0 Å². The summed E-state index contributed by atoms with van der Waals surface area (Å²) in [5.74, 6) is 0.944. The van der Waals surface area contributed by atoms with E-state index in [9.17, 15) is 14.9 Å². The number of carbonyl (C=O) groups excluding carboxylic acids is 2. The van der Waals surface area contributed by atoms with Crippen LogP contribution in [0.4, 0.5) is 0 Å². The highest BCUT2D eigenvalue weighted by Crippen LogP contribution is 2.66. The topological polar surface area (TPSA) is 67.2 Å². The molecular formula is C35H59NO3S. The van der Waals surface area contributed by atoms with E-state index in [2.05, 4.69) is 67.7 Å². The Morgan fingerprint density at radius 3 is 2.30 bits per heavy atom. The zero-order chi connectivity index (χ0) is 30.6. The second kappa shape index (κ2) is 13.5. The van der Waals surface area contributed by atoms with Crippen molar-refractivity contribution < 1.29 is 14.3 Å². The molecule has 2 rings (SSSR count). The molecule has 0 aliphatic heterocycles. The Balaban J connectivity index is 2.42. The molecule has 4 nitrogen and oxygen atoms in total. The molecule has 5 heteroatoms.